The monoisotopic (exact) mass is 414 g/mol. The summed E-state index contributed by atoms with van der Waals surface area (Å²) in [5.41, 5.74) is 0.665. The van der Waals surface area contributed by atoms with Crippen LogP contribution in [-0.4, -0.2) is 74.6 Å². The van der Waals surface area contributed by atoms with E-state index in [1.165, 1.54) is 0 Å². The van der Waals surface area contributed by atoms with Crippen LogP contribution < -0.4 is 24.6 Å². The molecular weight excluding hydrogens is 384 g/mol. The number of urea groups is 1. The number of aromatic nitrogens is 2. The Labute approximate surface area is 177 Å². The first kappa shape index (κ1) is 21.5. The Hall–Kier alpha value is -3.23. The zero-order valence-electron chi connectivity index (χ0n) is 18.1. The lowest BCUT2D eigenvalue weighted by Crippen LogP contribution is -2.50. The maximum atomic E-state index is 12.6. The molecule has 162 valence electrons. The van der Waals surface area contributed by atoms with E-state index >= 15 is 0 Å². The Morgan fingerprint density at radius 2 is 1.70 bits per heavy atom. The van der Waals surface area contributed by atoms with E-state index in [1.807, 2.05) is 12.1 Å². The van der Waals surface area contributed by atoms with E-state index in [0.717, 1.165) is 24.7 Å². The summed E-state index contributed by atoms with van der Waals surface area (Å²) in [5.74, 6) is 2.92. The van der Waals surface area contributed by atoms with E-state index in [9.17, 15) is 4.79 Å². The van der Waals surface area contributed by atoms with E-state index in [0.29, 0.717) is 43.4 Å². The van der Waals surface area contributed by atoms with Crippen molar-refractivity contribution in [2.75, 3.05) is 68.6 Å². The van der Waals surface area contributed by atoms with Crippen molar-refractivity contribution in [2.45, 2.75) is 13.8 Å². The van der Waals surface area contributed by atoms with Crippen LogP contribution in [0, 0.1) is 0 Å². The van der Waals surface area contributed by atoms with Crippen molar-refractivity contribution in [1.29, 1.82) is 0 Å². The molecule has 2 heterocycles. The molecule has 3 rings (SSSR count). The third kappa shape index (κ3) is 4.84. The van der Waals surface area contributed by atoms with Crippen LogP contribution in [0.2, 0.25) is 0 Å². The average Bonchev–Trinajstić information content (AvgIpc) is 2.80. The van der Waals surface area contributed by atoms with Crippen LogP contribution in [0.25, 0.3) is 0 Å². The van der Waals surface area contributed by atoms with E-state index < -0.39 is 0 Å². The number of anilines is 3. The van der Waals surface area contributed by atoms with E-state index in [-0.39, 0.29) is 6.03 Å². The number of ether oxygens (including phenoxy) is 2. The number of nitrogens with one attached hydrogen (secondary N) is 1. The van der Waals surface area contributed by atoms with Crippen molar-refractivity contribution in [1.82, 2.24) is 15.1 Å². The molecule has 9 nitrogen and oxygen atoms in total. The molecule has 0 bridgehead atoms. The van der Waals surface area contributed by atoms with Gasteiger partial charge in [-0.25, -0.2) is 4.79 Å². The highest BCUT2D eigenvalue weighted by atomic mass is 16.5. The van der Waals surface area contributed by atoms with Gasteiger partial charge < -0.3 is 29.5 Å². The maximum absolute atomic E-state index is 12.6. The minimum atomic E-state index is -0.134. The molecule has 2 amide bonds. The summed E-state index contributed by atoms with van der Waals surface area (Å²) >= 11 is 0. The lowest BCUT2D eigenvalue weighted by atomic mass is 10.2. The van der Waals surface area contributed by atoms with Crippen LogP contribution in [0.5, 0.6) is 11.5 Å². The summed E-state index contributed by atoms with van der Waals surface area (Å²) in [6, 6.07) is 9.19. The van der Waals surface area contributed by atoms with Crippen LogP contribution in [-0.2, 0) is 0 Å². The second kappa shape index (κ2) is 10.00. The fraction of sp³-hybridized carbons (Fsp3) is 0.476. The first-order valence-corrected chi connectivity index (χ1v) is 10.2. The van der Waals surface area contributed by atoms with Crippen molar-refractivity contribution < 1.29 is 14.3 Å². The number of methoxy groups -OCH3 is 2. The summed E-state index contributed by atoms with van der Waals surface area (Å²) in [4.78, 5) is 18.7. The van der Waals surface area contributed by atoms with E-state index in [2.05, 4.69) is 39.2 Å². The molecule has 1 aromatic heterocycles. The Balaban J connectivity index is 1.55. The Bertz CT molecular complexity index is 833. The molecular formula is C21H30N6O3. The van der Waals surface area contributed by atoms with Crippen molar-refractivity contribution >= 4 is 23.4 Å². The molecule has 1 saturated heterocycles. The fourth-order valence-corrected chi connectivity index (χ4v) is 3.46. The Morgan fingerprint density at radius 3 is 2.27 bits per heavy atom. The molecule has 9 heteroatoms. The number of hydrogen-bond donors (Lipinski definition) is 1. The van der Waals surface area contributed by atoms with Crippen LogP contribution >= 0.6 is 0 Å². The third-order valence-electron chi connectivity index (χ3n) is 5.25. The SMILES string of the molecule is CCN(CC)c1ccc(N2CCN(C(=O)Nc3ccc(OC)c(OC)c3)CC2)nn1. The Kier molecular flexibility index (Phi) is 7.16. The zero-order chi connectivity index (χ0) is 21.5. The number of carbonyl (C=O) groups is 1. The van der Waals surface area contributed by atoms with Crippen LogP contribution in [0.3, 0.4) is 0 Å². The van der Waals surface area contributed by atoms with Crippen LogP contribution in [0.4, 0.5) is 22.1 Å². The molecule has 2 aromatic rings. The van der Waals surface area contributed by atoms with Gasteiger partial charge in [0.25, 0.3) is 0 Å². The highest BCUT2D eigenvalue weighted by molar-refractivity contribution is 5.90. The van der Waals surface area contributed by atoms with Crippen LogP contribution in [0.1, 0.15) is 13.8 Å². The zero-order valence-corrected chi connectivity index (χ0v) is 18.1. The number of piperazine rings is 1. The number of carbonyl (C=O) groups excluding carboxylic acids is 1. The molecule has 1 aliphatic rings. The molecule has 1 fully saturated rings. The van der Waals surface area contributed by atoms with Crippen LogP contribution in [0.15, 0.2) is 30.3 Å². The van der Waals surface area contributed by atoms with Gasteiger partial charge in [-0.3, -0.25) is 0 Å². The molecule has 1 aromatic carbocycles. The maximum Gasteiger partial charge on any atom is 0.321 e. The summed E-state index contributed by atoms with van der Waals surface area (Å²) < 4.78 is 10.5. The average molecular weight is 415 g/mol. The molecule has 0 aliphatic carbocycles. The van der Waals surface area contributed by atoms with Crippen molar-refractivity contribution in [3.63, 3.8) is 0 Å². The van der Waals surface area contributed by atoms with E-state index in [4.69, 9.17) is 9.47 Å². The number of benzene rings is 1. The fourth-order valence-electron chi connectivity index (χ4n) is 3.46. The molecule has 30 heavy (non-hydrogen) atoms. The molecule has 0 spiro atoms. The normalized spacial score (nSPS) is 13.7. The third-order valence-corrected chi connectivity index (χ3v) is 5.25. The first-order valence-electron chi connectivity index (χ1n) is 10.2. The van der Waals surface area contributed by atoms with Gasteiger partial charge in [0, 0.05) is 51.0 Å². The lowest BCUT2D eigenvalue weighted by Gasteiger charge is -2.35. The van der Waals surface area contributed by atoms with Gasteiger partial charge in [0.05, 0.1) is 14.2 Å². The summed E-state index contributed by atoms with van der Waals surface area (Å²) in [6.45, 7) is 8.64. The van der Waals surface area contributed by atoms with Crippen molar-refractivity contribution in [2.24, 2.45) is 0 Å². The smallest absolute Gasteiger partial charge is 0.321 e. The van der Waals surface area contributed by atoms with Gasteiger partial charge in [0.15, 0.2) is 23.1 Å². The lowest BCUT2D eigenvalue weighted by molar-refractivity contribution is 0.208. The number of hydrogen-bond acceptors (Lipinski definition) is 7. The quantitative estimate of drug-likeness (QED) is 0.746. The topological polar surface area (TPSA) is 83.1 Å². The van der Waals surface area contributed by atoms with Gasteiger partial charge in [0.2, 0.25) is 0 Å². The number of rotatable bonds is 7. The molecule has 0 unspecified atom stereocenters. The van der Waals surface area contributed by atoms with Gasteiger partial charge in [-0.1, -0.05) is 0 Å². The van der Waals surface area contributed by atoms with Crippen molar-refractivity contribution in [3.05, 3.63) is 30.3 Å². The predicted molar refractivity (Wildman–Crippen MR) is 118 cm³/mol. The summed E-state index contributed by atoms with van der Waals surface area (Å²) in [5, 5.41) is 11.7. The highest BCUT2D eigenvalue weighted by Crippen LogP contribution is 2.30. The van der Waals surface area contributed by atoms with Gasteiger partial charge in [0.1, 0.15) is 0 Å². The van der Waals surface area contributed by atoms with Gasteiger partial charge in [-0.05, 0) is 38.1 Å². The molecule has 1 N–H and O–H groups in total. The highest BCUT2D eigenvalue weighted by Gasteiger charge is 2.22. The molecule has 1 aliphatic heterocycles. The molecule has 0 atom stereocenters. The van der Waals surface area contributed by atoms with Gasteiger partial charge in [-0.15, -0.1) is 10.2 Å². The summed E-state index contributed by atoms with van der Waals surface area (Å²) in [7, 11) is 3.15. The number of amides is 2. The second-order valence-electron chi connectivity index (χ2n) is 6.90. The molecule has 0 saturated carbocycles. The minimum absolute atomic E-state index is 0.134. The van der Waals surface area contributed by atoms with Crippen molar-refractivity contribution in [3.8, 4) is 11.5 Å². The number of nitrogens with zero attached hydrogens (tertiary/aromatic N) is 5. The Morgan fingerprint density at radius 1 is 1.00 bits per heavy atom. The standard InChI is InChI=1S/C21H30N6O3/c1-5-25(6-2)19-9-10-20(24-23-19)26-11-13-27(14-12-26)21(28)22-16-7-8-17(29-3)18(15-16)30-4/h7-10,15H,5-6,11-14H2,1-4H3,(H,22,28). The minimum Gasteiger partial charge on any atom is -0.493 e. The predicted octanol–water partition coefficient (Wildman–Crippen LogP) is 2.69. The van der Waals surface area contributed by atoms with E-state index in [1.54, 1.807) is 37.3 Å². The van der Waals surface area contributed by atoms with Gasteiger partial charge in [-0.2, -0.15) is 0 Å². The first-order chi connectivity index (χ1) is 14.6. The largest absolute Gasteiger partial charge is 0.493 e. The summed E-state index contributed by atoms with van der Waals surface area (Å²) in [6.07, 6.45) is 0. The van der Waals surface area contributed by atoms with Gasteiger partial charge >= 0.3 is 6.03 Å². The molecule has 0 radical (unpaired) electrons. The second-order valence-corrected chi connectivity index (χ2v) is 6.90.